The van der Waals surface area contributed by atoms with E-state index in [0.29, 0.717) is 32.0 Å². The molecule has 5 rings (SSSR count). The Balaban J connectivity index is 1.34. The molecule has 0 aromatic heterocycles. The van der Waals surface area contributed by atoms with Crippen LogP contribution in [0.15, 0.2) is 54.6 Å². The first-order valence-electron chi connectivity index (χ1n) is 11.4. The maximum absolute atomic E-state index is 13.5. The summed E-state index contributed by atoms with van der Waals surface area (Å²) in [6, 6.07) is 16.8. The third-order valence-electron chi connectivity index (χ3n) is 7.62. The highest BCUT2D eigenvalue weighted by Crippen LogP contribution is 2.50. The van der Waals surface area contributed by atoms with E-state index < -0.39 is 0 Å². The van der Waals surface area contributed by atoms with Crippen molar-refractivity contribution in [3.05, 3.63) is 71.5 Å². The Morgan fingerprint density at radius 2 is 1.71 bits per heavy atom. The van der Waals surface area contributed by atoms with E-state index in [2.05, 4.69) is 17.4 Å². The second kappa shape index (κ2) is 8.10. The van der Waals surface area contributed by atoms with Gasteiger partial charge in [0.15, 0.2) is 0 Å². The highest BCUT2D eigenvalue weighted by atomic mass is 19.1. The van der Waals surface area contributed by atoms with Crippen molar-refractivity contribution < 1.29 is 14.0 Å². The zero-order chi connectivity index (χ0) is 21.4. The standard InChI is InChI=1S/C26H29FN2O2/c27-21-10-8-18(9-11-21)22-17-28-23(30)16-26(22)12-14-29(15-13-26)25(31)24(20-6-7-20)19-4-2-1-3-5-19/h1-5,8-11,20,22,24H,6-7,12-17H2,(H,28,30). The molecule has 3 fully saturated rings. The maximum atomic E-state index is 13.5. The monoisotopic (exact) mass is 420 g/mol. The molecule has 2 aromatic rings. The van der Waals surface area contributed by atoms with Crippen LogP contribution in [0.25, 0.3) is 0 Å². The molecule has 3 aliphatic rings. The number of nitrogens with zero attached hydrogens (tertiary/aromatic N) is 1. The summed E-state index contributed by atoms with van der Waals surface area (Å²) in [5.74, 6) is 0.637. The predicted molar refractivity (Wildman–Crippen MR) is 117 cm³/mol. The van der Waals surface area contributed by atoms with Crippen molar-refractivity contribution in [2.45, 2.75) is 43.9 Å². The smallest absolute Gasteiger partial charge is 0.230 e. The summed E-state index contributed by atoms with van der Waals surface area (Å²) >= 11 is 0. The van der Waals surface area contributed by atoms with Gasteiger partial charge in [-0.3, -0.25) is 9.59 Å². The van der Waals surface area contributed by atoms with Gasteiger partial charge < -0.3 is 10.2 Å². The van der Waals surface area contributed by atoms with E-state index >= 15 is 0 Å². The molecule has 4 nitrogen and oxygen atoms in total. The fourth-order valence-corrected chi connectivity index (χ4v) is 5.71. The Hall–Kier alpha value is -2.69. The summed E-state index contributed by atoms with van der Waals surface area (Å²) < 4.78 is 13.5. The fourth-order valence-electron chi connectivity index (χ4n) is 5.71. The Morgan fingerprint density at radius 3 is 2.35 bits per heavy atom. The highest BCUT2D eigenvalue weighted by molar-refractivity contribution is 5.85. The molecule has 1 N–H and O–H groups in total. The topological polar surface area (TPSA) is 49.4 Å². The molecule has 162 valence electrons. The normalized spacial score (nSPS) is 24.0. The lowest BCUT2D eigenvalue weighted by atomic mass is 9.62. The molecule has 1 saturated carbocycles. The molecule has 2 amide bonds. The molecule has 2 unspecified atom stereocenters. The predicted octanol–water partition coefficient (Wildman–Crippen LogP) is 4.23. The molecule has 1 spiro atoms. The lowest BCUT2D eigenvalue weighted by Gasteiger charge is -2.49. The van der Waals surface area contributed by atoms with Gasteiger partial charge in [0.2, 0.25) is 11.8 Å². The zero-order valence-corrected chi connectivity index (χ0v) is 17.7. The third-order valence-corrected chi connectivity index (χ3v) is 7.62. The van der Waals surface area contributed by atoms with Crippen LogP contribution in [0.2, 0.25) is 0 Å². The molecule has 2 aromatic carbocycles. The summed E-state index contributed by atoms with van der Waals surface area (Å²) in [5.41, 5.74) is 2.02. The molecule has 2 atom stereocenters. The van der Waals surface area contributed by atoms with Gasteiger partial charge in [-0.25, -0.2) is 4.39 Å². The Bertz CT molecular complexity index is 947. The SMILES string of the molecule is O=C1CC2(CCN(C(=O)C(c3ccccc3)C3CC3)CC2)C(c2ccc(F)cc2)CN1. The van der Waals surface area contributed by atoms with Crippen LogP contribution >= 0.6 is 0 Å². The molecule has 2 saturated heterocycles. The summed E-state index contributed by atoms with van der Waals surface area (Å²) in [6.07, 6.45) is 4.33. The van der Waals surface area contributed by atoms with Gasteiger partial charge in [0.1, 0.15) is 5.82 Å². The summed E-state index contributed by atoms with van der Waals surface area (Å²) in [6.45, 7) is 1.94. The van der Waals surface area contributed by atoms with Crippen molar-refractivity contribution >= 4 is 11.8 Å². The minimum Gasteiger partial charge on any atom is -0.355 e. The van der Waals surface area contributed by atoms with Crippen LogP contribution in [0, 0.1) is 17.2 Å². The average molecular weight is 421 g/mol. The molecule has 2 heterocycles. The molecule has 31 heavy (non-hydrogen) atoms. The second-order valence-corrected chi connectivity index (χ2v) is 9.50. The van der Waals surface area contributed by atoms with E-state index in [1.165, 1.54) is 12.1 Å². The Labute approximate surface area is 182 Å². The molecule has 1 aliphatic carbocycles. The Morgan fingerprint density at radius 1 is 1.03 bits per heavy atom. The number of hydrogen-bond donors (Lipinski definition) is 1. The molecule has 0 radical (unpaired) electrons. The van der Waals surface area contributed by atoms with Gasteiger partial charge >= 0.3 is 0 Å². The fraction of sp³-hybridized carbons (Fsp3) is 0.462. The number of carbonyl (C=O) groups excluding carboxylic acids is 2. The molecule has 5 heteroatoms. The van der Waals surface area contributed by atoms with Gasteiger partial charge in [-0.2, -0.15) is 0 Å². The number of amides is 2. The quantitative estimate of drug-likeness (QED) is 0.805. The van der Waals surface area contributed by atoms with E-state index in [1.807, 2.05) is 35.2 Å². The number of piperidine rings is 2. The van der Waals surface area contributed by atoms with Crippen molar-refractivity contribution in [2.24, 2.45) is 11.3 Å². The first-order valence-corrected chi connectivity index (χ1v) is 11.4. The van der Waals surface area contributed by atoms with Crippen LogP contribution < -0.4 is 5.32 Å². The lowest BCUT2D eigenvalue weighted by molar-refractivity contribution is -0.137. The second-order valence-electron chi connectivity index (χ2n) is 9.50. The van der Waals surface area contributed by atoms with E-state index in [9.17, 15) is 14.0 Å². The largest absolute Gasteiger partial charge is 0.355 e. The third kappa shape index (κ3) is 3.98. The summed E-state index contributed by atoms with van der Waals surface area (Å²) in [4.78, 5) is 27.9. The number of hydrogen-bond acceptors (Lipinski definition) is 2. The van der Waals surface area contributed by atoms with Crippen molar-refractivity contribution in [3.8, 4) is 0 Å². The van der Waals surface area contributed by atoms with Crippen LogP contribution in [0.4, 0.5) is 4.39 Å². The van der Waals surface area contributed by atoms with E-state index in [1.54, 1.807) is 0 Å². The number of rotatable bonds is 4. The average Bonchev–Trinajstić information content (AvgIpc) is 3.61. The van der Waals surface area contributed by atoms with E-state index in [4.69, 9.17) is 0 Å². The van der Waals surface area contributed by atoms with Crippen LogP contribution in [-0.4, -0.2) is 36.3 Å². The Kier molecular flexibility index (Phi) is 5.28. The molecule has 2 aliphatic heterocycles. The van der Waals surface area contributed by atoms with Gasteiger partial charge in [-0.1, -0.05) is 42.5 Å². The van der Waals surface area contributed by atoms with E-state index in [-0.39, 0.29) is 34.9 Å². The number of carbonyl (C=O) groups is 2. The molecular weight excluding hydrogens is 391 g/mol. The highest BCUT2D eigenvalue weighted by Gasteiger charge is 2.48. The lowest BCUT2D eigenvalue weighted by Crippen LogP contribution is -2.53. The van der Waals surface area contributed by atoms with Gasteiger partial charge in [0, 0.05) is 32.0 Å². The summed E-state index contributed by atoms with van der Waals surface area (Å²) in [7, 11) is 0. The van der Waals surface area contributed by atoms with E-state index in [0.717, 1.165) is 36.8 Å². The maximum Gasteiger partial charge on any atom is 0.230 e. The van der Waals surface area contributed by atoms with Gasteiger partial charge in [-0.05, 0) is 60.3 Å². The first kappa shape index (κ1) is 20.2. The number of nitrogens with one attached hydrogen (secondary N) is 1. The number of likely N-dealkylation sites (tertiary alicyclic amines) is 1. The van der Waals surface area contributed by atoms with Crippen LogP contribution in [0.3, 0.4) is 0 Å². The van der Waals surface area contributed by atoms with Gasteiger partial charge in [0.05, 0.1) is 5.92 Å². The van der Waals surface area contributed by atoms with Crippen molar-refractivity contribution in [1.29, 1.82) is 0 Å². The van der Waals surface area contributed by atoms with Crippen LogP contribution in [0.1, 0.15) is 55.1 Å². The van der Waals surface area contributed by atoms with Crippen LogP contribution in [-0.2, 0) is 9.59 Å². The summed E-state index contributed by atoms with van der Waals surface area (Å²) in [5, 5.41) is 3.00. The van der Waals surface area contributed by atoms with Crippen molar-refractivity contribution in [2.75, 3.05) is 19.6 Å². The van der Waals surface area contributed by atoms with Crippen LogP contribution in [0.5, 0.6) is 0 Å². The molecular formula is C26H29FN2O2. The molecule has 0 bridgehead atoms. The van der Waals surface area contributed by atoms with Gasteiger partial charge in [0.25, 0.3) is 0 Å². The number of benzene rings is 2. The first-order chi connectivity index (χ1) is 15.1. The minimum absolute atomic E-state index is 0.0437. The minimum atomic E-state index is -0.245. The van der Waals surface area contributed by atoms with Crippen molar-refractivity contribution in [1.82, 2.24) is 10.2 Å². The zero-order valence-electron chi connectivity index (χ0n) is 17.7. The van der Waals surface area contributed by atoms with Gasteiger partial charge in [-0.15, -0.1) is 0 Å². The van der Waals surface area contributed by atoms with Crippen molar-refractivity contribution in [3.63, 3.8) is 0 Å². The number of halogens is 1.